The molecular formula is C17H19ClN4O2S. The summed E-state index contributed by atoms with van der Waals surface area (Å²) in [5.74, 6) is -0.0930. The maximum Gasteiger partial charge on any atom is 0.323 e. The molecule has 25 heavy (non-hydrogen) atoms. The average Bonchev–Trinajstić information content (AvgIpc) is 3.22. The lowest BCUT2D eigenvalue weighted by Gasteiger charge is -2.17. The lowest BCUT2D eigenvalue weighted by atomic mass is 10.0. The van der Waals surface area contributed by atoms with Gasteiger partial charge in [-0.05, 0) is 24.1 Å². The summed E-state index contributed by atoms with van der Waals surface area (Å²) in [5, 5.41) is 8.89. The Hall–Kier alpha value is -2.12. The summed E-state index contributed by atoms with van der Waals surface area (Å²) >= 11 is 7.29. The van der Waals surface area contributed by atoms with Crippen molar-refractivity contribution < 1.29 is 9.59 Å². The summed E-state index contributed by atoms with van der Waals surface area (Å²) in [6.07, 6.45) is 0.972. The van der Waals surface area contributed by atoms with E-state index in [1.54, 1.807) is 4.90 Å². The second-order valence-corrected chi connectivity index (χ2v) is 7.03. The first-order valence-electron chi connectivity index (χ1n) is 8.11. The minimum Gasteiger partial charge on any atom is -0.349 e. The first-order chi connectivity index (χ1) is 12.1. The lowest BCUT2D eigenvalue weighted by Crippen LogP contribution is -2.30. The third kappa shape index (κ3) is 4.29. The molecule has 1 fully saturated rings. The highest BCUT2D eigenvalue weighted by molar-refractivity contribution is 7.14. The Kier molecular flexibility index (Phi) is 5.55. The summed E-state index contributed by atoms with van der Waals surface area (Å²) < 4.78 is 0. The summed E-state index contributed by atoms with van der Waals surface area (Å²) in [6, 6.07) is 7.28. The van der Waals surface area contributed by atoms with Gasteiger partial charge in [-0.25, -0.2) is 9.78 Å². The zero-order chi connectivity index (χ0) is 17.8. The number of anilines is 1. The van der Waals surface area contributed by atoms with Gasteiger partial charge in [0.2, 0.25) is 5.91 Å². The fourth-order valence-electron chi connectivity index (χ4n) is 2.68. The van der Waals surface area contributed by atoms with Gasteiger partial charge in [-0.2, -0.15) is 0 Å². The molecule has 2 heterocycles. The van der Waals surface area contributed by atoms with Crippen molar-refractivity contribution in [2.75, 3.05) is 18.0 Å². The largest absolute Gasteiger partial charge is 0.349 e. The summed E-state index contributed by atoms with van der Waals surface area (Å²) in [6.45, 7) is 3.24. The van der Waals surface area contributed by atoms with Gasteiger partial charge >= 0.3 is 6.03 Å². The van der Waals surface area contributed by atoms with E-state index in [9.17, 15) is 9.59 Å². The number of amides is 3. The Morgan fingerprint density at radius 3 is 2.84 bits per heavy atom. The number of thiazole rings is 1. The summed E-state index contributed by atoms with van der Waals surface area (Å²) in [7, 11) is 0. The van der Waals surface area contributed by atoms with Crippen LogP contribution in [-0.4, -0.2) is 30.0 Å². The molecule has 1 aromatic carbocycles. The number of nitrogens with zero attached hydrogens (tertiary/aromatic N) is 2. The van der Waals surface area contributed by atoms with Crippen LogP contribution in [0.5, 0.6) is 0 Å². The fraction of sp³-hybridized carbons (Fsp3) is 0.353. The molecule has 2 aromatic rings. The zero-order valence-corrected chi connectivity index (χ0v) is 15.4. The van der Waals surface area contributed by atoms with Gasteiger partial charge in [0.15, 0.2) is 5.13 Å². The van der Waals surface area contributed by atoms with E-state index in [4.69, 9.17) is 11.6 Å². The first kappa shape index (κ1) is 17.7. The highest BCUT2D eigenvalue weighted by atomic mass is 35.5. The number of halogens is 1. The predicted molar refractivity (Wildman–Crippen MR) is 99.2 cm³/mol. The van der Waals surface area contributed by atoms with Crippen molar-refractivity contribution in [3.05, 3.63) is 45.9 Å². The van der Waals surface area contributed by atoms with Crippen molar-refractivity contribution >= 4 is 40.0 Å². The molecule has 1 unspecified atom stereocenters. The SMILES string of the molecule is CCC(NC(=O)Cc1csc(N2CCNC2=O)n1)c1ccc(Cl)cc1. The molecule has 0 spiro atoms. The number of hydrogen-bond donors (Lipinski definition) is 2. The number of aromatic nitrogens is 1. The number of rotatable bonds is 6. The van der Waals surface area contributed by atoms with E-state index in [-0.39, 0.29) is 24.4 Å². The number of nitrogens with one attached hydrogen (secondary N) is 2. The van der Waals surface area contributed by atoms with E-state index in [0.29, 0.717) is 28.9 Å². The summed E-state index contributed by atoms with van der Waals surface area (Å²) in [5.41, 5.74) is 1.69. The topological polar surface area (TPSA) is 74.3 Å². The standard InChI is InChI=1S/C17H19ClN4O2S/c1-2-14(11-3-5-12(18)6-4-11)21-15(23)9-13-10-25-17(20-13)22-8-7-19-16(22)24/h3-6,10,14H,2,7-9H2,1H3,(H,19,24)(H,21,23). The van der Waals surface area contributed by atoms with Gasteiger partial charge in [0.25, 0.3) is 0 Å². The minimum atomic E-state index is -0.140. The predicted octanol–water partition coefficient (Wildman–Crippen LogP) is 3.14. The monoisotopic (exact) mass is 378 g/mol. The quantitative estimate of drug-likeness (QED) is 0.810. The van der Waals surface area contributed by atoms with Gasteiger partial charge in [0.05, 0.1) is 18.2 Å². The van der Waals surface area contributed by atoms with E-state index < -0.39 is 0 Å². The van der Waals surface area contributed by atoms with Crippen LogP contribution < -0.4 is 15.5 Å². The van der Waals surface area contributed by atoms with Crippen molar-refractivity contribution in [1.82, 2.24) is 15.6 Å². The molecule has 3 rings (SSSR count). The Morgan fingerprint density at radius 2 is 2.20 bits per heavy atom. The van der Waals surface area contributed by atoms with Crippen LogP contribution in [-0.2, 0) is 11.2 Å². The Balaban J connectivity index is 1.61. The van der Waals surface area contributed by atoms with Crippen LogP contribution >= 0.6 is 22.9 Å². The number of carbonyl (C=O) groups is 2. The Morgan fingerprint density at radius 1 is 1.44 bits per heavy atom. The van der Waals surface area contributed by atoms with E-state index in [1.165, 1.54) is 11.3 Å². The van der Waals surface area contributed by atoms with Crippen LogP contribution in [0.4, 0.5) is 9.93 Å². The van der Waals surface area contributed by atoms with Crippen LogP contribution in [0.25, 0.3) is 0 Å². The molecule has 0 bridgehead atoms. The molecule has 1 atom stereocenters. The smallest absolute Gasteiger partial charge is 0.323 e. The maximum absolute atomic E-state index is 12.4. The Bertz CT molecular complexity index is 762. The van der Waals surface area contributed by atoms with Gasteiger partial charge in [0.1, 0.15) is 0 Å². The molecule has 1 aliphatic rings. The number of hydrogen-bond acceptors (Lipinski definition) is 4. The summed E-state index contributed by atoms with van der Waals surface area (Å²) in [4.78, 5) is 30.0. The molecule has 1 aromatic heterocycles. The van der Waals surface area contributed by atoms with Gasteiger partial charge in [-0.3, -0.25) is 9.69 Å². The van der Waals surface area contributed by atoms with Gasteiger partial charge in [-0.1, -0.05) is 30.7 Å². The molecule has 3 amide bonds. The minimum absolute atomic E-state index is 0.0627. The highest BCUT2D eigenvalue weighted by Gasteiger charge is 2.24. The normalized spacial score (nSPS) is 15.1. The molecule has 0 saturated carbocycles. The van der Waals surface area contributed by atoms with Crippen LogP contribution in [0.1, 0.15) is 30.6 Å². The van der Waals surface area contributed by atoms with E-state index in [2.05, 4.69) is 15.6 Å². The zero-order valence-electron chi connectivity index (χ0n) is 13.8. The van der Waals surface area contributed by atoms with Crippen molar-refractivity contribution in [3.8, 4) is 0 Å². The van der Waals surface area contributed by atoms with Gasteiger partial charge < -0.3 is 10.6 Å². The second-order valence-electron chi connectivity index (χ2n) is 5.76. The van der Waals surface area contributed by atoms with Crippen molar-refractivity contribution in [1.29, 1.82) is 0 Å². The van der Waals surface area contributed by atoms with Crippen LogP contribution in [0.2, 0.25) is 5.02 Å². The highest BCUT2D eigenvalue weighted by Crippen LogP contribution is 2.23. The Labute approximate surface area is 155 Å². The third-order valence-electron chi connectivity index (χ3n) is 3.98. The average molecular weight is 379 g/mol. The van der Waals surface area contributed by atoms with Crippen molar-refractivity contribution in [2.45, 2.75) is 25.8 Å². The molecule has 2 N–H and O–H groups in total. The van der Waals surface area contributed by atoms with Crippen LogP contribution in [0.3, 0.4) is 0 Å². The molecule has 132 valence electrons. The van der Waals surface area contributed by atoms with Crippen molar-refractivity contribution in [2.24, 2.45) is 0 Å². The fourth-order valence-corrected chi connectivity index (χ4v) is 3.66. The first-order valence-corrected chi connectivity index (χ1v) is 9.37. The van der Waals surface area contributed by atoms with E-state index in [0.717, 1.165) is 12.0 Å². The molecule has 8 heteroatoms. The van der Waals surface area contributed by atoms with Crippen molar-refractivity contribution in [3.63, 3.8) is 0 Å². The second kappa shape index (κ2) is 7.84. The number of urea groups is 1. The van der Waals surface area contributed by atoms with Gasteiger partial charge in [0, 0.05) is 23.5 Å². The molecule has 1 saturated heterocycles. The molecule has 1 aliphatic heterocycles. The lowest BCUT2D eigenvalue weighted by molar-refractivity contribution is -0.121. The maximum atomic E-state index is 12.4. The number of carbonyl (C=O) groups excluding carboxylic acids is 2. The molecule has 0 radical (unpaired) electrons. The van der Waals surface area contributed by atoms with Crippen LogP contribution in [0, 0.1) is 0 Å². The van der Waals surface area contributed by atoms with E-state index in [1.807, 2.05) is 36.6 Å². The molecule has 6 nitrogen and oxygen atoms in total. The van der Waals surface area contributed by atoms with E-state index >= 15 is 0 Å². The number of benzene rings is 1. The third-order valence-corrected chi connectivity index (χ3v) is 5.15. The molecular weight excluding hydrogens is 360 g/mol. The van der Waals surface area contributed by atoms with Gasteiger partial charge in [-0.15, -0.1) is 11.3 Å². The van der Waals surface area contributed by atoms with Crippen LogP contribution in [0.15, 0.2) is 29.6 Å². The molecule has 0 aliphatic carbocycles.